The van der Waals surface area contributed by atoms with Gasteiger partial charge in [0.15, 0.2) is 0 Å². The Hall–Kier alpha value is -2.18. The minimum absolute atomic E-state index is 0.0931. The molecule has 1 aliphatic rings. The number of ether oxygens (including phenoxy) is 1. The molecule has 1 N–H and O–H groups in total. The van der Waals surface area contributed by atoms with Crippen LogP contribution in [0.3, 0.4) is 0 Å². The Morgan fingerprint density at radius 2 is 2.12 bits per heavy atom. The van der Waals surface area contributed by atoms with Gasteiger partial charge in [-0.05, 0) is 36.8 Å². The average Bonchev–Trinajstić information content (AvgIpc) is 2.72. The van der Waals surface area contributed by atoms with Crippen LogP contribution >= 0.6 is 0 Å². The summed E-state index contributed by atoms with van der Waals surface area (Å²) in [6.07, 6.45) is 3.44. The second kappa shape index (κ2) is 6.61. The third kappa shape index (κ3) is 4.08. The summed E-state index contributed by atoms with van der Waals surface area (Å²) in [6.45, 7) is 3.11. The Labute approximate surface area is 145 Å². The Morgan fingerprint density at radius 3 is 2.68 bits per heavy atom. The molecular formula is C18H23F2N3O2. The number of rotatable bonds is 5. The zero-order valence-electron chi connectivity index (χ0n) is 14.7. The molecule has 0 saturated heterocycles. The van der Waals surface area contributed by atoms with Crippen molar-refractivity contribution in [2.24, 2.45) is 5.41 Å². The van der Waals surface area contributed by atoms with Crippen molar-refractivity contribution in [1.29, 1.82) is 0 Å². The number of alkyl halides is 2. The van der Waals surface area contributed by atoms with Crippen LogP contribution in [0, 0.1) is 5.41 Å². The number of carbonyl (C=O) groups excluding carboxylic acids is 1. The molecule has 0 unspecified atom stereocenters. The van der Waals surface area contributed by atoms with Crippen molar-refractivity contribution in [3.05, 3.63) is 18.2 Å². The SMILES string of the molecule is CC(C)(C)CC(=O)Nc1nc2ccc(OC(F)F)cc2n1C1CCC1. The van der Waals surface area contributed by atoms with Gasteiger partial charge in [0, 0.05) is 18.5 Å². The Morgan fingerprint density at radius 1 is 1.40 bits per heavy atom. The zero-order valence-corrected chi connectivity index (χ0v) is 14.7. The van der Waals surface area contributed by atoms with Gasteiger partial charge < -0.3 is 9.30 Å². The van der Waals surface area contributed by atoms with Crippen LogP contribution in [0.1, 0.15) is 52.5 Å². The molecule has 0 spiro atoms. The molecule has 0 radical (unpaired) electrons. The van der Waals surface area contributed by atoms with Crippen molar-refractivity contribution in [3.8, 4) is 5.75 Å². The highest BCUT2D eigenvalue weighted by atomic mass is 19.3. The van der Waals surface area contributed by atoms with Crippen molar-refractivity contribution < 1.29 is 18.3 Å². The Balaban J connectivity index is 1.95. The van der Waals surface area contributed by atoms with Gasteiger partial charge in [-0.3, -0.25) is 10.1 Å². The molecule has 3 rings (SSSR count). The van der Waals surface area contributed by atoms with E-state index in [-0.39, 0.29) is 23.1 Å². The lowest BCUT2D eigenvalue weighted by Crippen LogP contribution is -2.24. The molecule has 0 atom stereocenters. The number of halogens is 2. The highest BCUT2D eigenvalue weighted by Gasteiger charge is 2.26. The lowest BCUT2D eigenvalue weighted by Gasteiger charge is -2.29. The largest absolute Gasteiger partial charge is 0.435 e. The first-order valence-corrected chi connectivity index (χ1v) is 8.49. The number of hydrogen-bond acceptors (Lipinski definition) is 3. The quantitative estimate of drug-likeness (QED) is 0.847. The highest BCUT2D eigenvalue weighted by molar-refractivity contribution is 5.92. The van der Waals surface area contributed by atoms with Crippen LogP contribution < -0.4 is 10.1 Å². The van der Waals surface area contributed by atoms with E-state index in [0.29, 0.717) is 23.4 Å². The van der Waals surface area contributed by atoms with Gasteiger partial charge in [0.1, 0.15) is 5.75 Å². The molecule has 1 aliphatic carbocycles. The number of benzene rings is 1. The van der Waals surface area contributed by atoms with Gasteiger partial charge >= 0.3 is 6.61 Å². The van der Waals surface area contributed by atoms with Crippen LogP contribution in [0.2, 0.25) is 0 Å². The molecule has 1 amide bonds. The lowest BCUT2D eigenvalue weighted by atomic mass is 9.92. The van der Waals surface area contributed by atoms with Gasteiger partial charge in [0.05, 0.1) is 11.0 Å². The molecule has 1 fully saturated rings. The number of aromatic nitrogens is 2. The highest BCUT2D eigenvalue weighted by Crippen LogP contribution is 2.38. The fraction of sp³-hybridized carbons (Fsp3) is 0.556. The number of amides is 1. The maximum Gasteiger partial charge on any atom is 0.387 e. The minimum Gasteiger partial charge on any atom is -0.435 e. The molecule has 25 heavy (non-hydrogen) atoms. The molecule has 1 saturated carbocycles. The van der Waals surface area contributed by atoms with Crippen LogP contribution in [-0.2, 0) is 4.79 Å². The van der Waals surface area contributed by atoms with Crippen LogP contribution in [0.4, 0.5) is 14.7 Å². The molecule has 2 aromatic rings. The number of imidazole rings is 1. The van der Waals surface area contributed by atoms with Gasteiger partial charge in [-0.15, -0.1) is 0 Å². The maximum absolute atomic E-state index is 12.5. The predicted molar refractivity (Wildman–Crippen MR) is 92.0 cm³/mol. The molecular weight excluding hydrogens is 328 g/mol. The molecule has 1 aromatic carbocycles. The van der Waals surface area contributed by atoms with Gasteiger partial charge in [0.25, 0.3) is 0 Å². The van der Waals surface area contributed by atoms with Crippen LogP contribution in [0.15, 0.2) is 18.2 Å². The third-order valence-corrected chi connectivity index (χ3v) is 4.27. The van der Waals surface area contributed by atoms with Crippen LogP contribution in [0.25, 0.3) is 11.0 Å². The van der Waals surface area contributed by atoms with E-state index in [1.54, 1.807) is 12.1 Å². The maximum atomic E-state index is 12.5. The van der Waals surface area contributed by atoms with E-state index in [1.165, 1.54) is 6.07 Å². The van der Waals surface area contributed by atoms with Crippen LogP contribution in [-0.4, -0.2) is 22.1 Å². The first-order chi connectivity index (χ1) is 11.7. The monoisotopic (exact) mass is 351 g/mol. The molecule has 1 heterocycles. The smallest absolute Gasteiger partial charge is 0.387 e. The Kier molecular flexibility index (Phi) is 4.67. The van der Waals surface area contributed by atoms with Crippen molar-refractivity contribution >= 4 is 22.9 Å². The van der Waals surface area contributed by atoms with Crippen LogP contribution in [0.5, 0.6) is 5.75 Å². The number of hydrogen-bond donors (Lipinski definition) is 1. The van der Waals surface area contributed by atoms with Gasteiger partial charge in [-0.2, -0.15) is 8.78 Å². The summed E-state index contributed by atoms with van der Waals surface area (Å²) < 4.78 is 31.4. The molecule has 7 heteroatoms. The summed E-state index contributed by atoms with van der Waals surface area (Å²) in [4.78, 5) is 16.8. The van der Waals surface area contributed by atoms with E-state index >= 15 is 0 Å². The zero-order chi connectivity index (χ0) is 18.2. The number of carbonyl (C=O) groups is 1. The summed E-state index contributed by atoms with van der Waals surface area (Å²) in [7, 11) is 0. The molecule has 1 aromatic heterocycles. The lowest BCUT2D eigenvalue weighted by molar-refractivity contribution is -0.117. The first-order valence-electron chi connectivity index (χ1n) is 8.49. The van der Waals surface area contributed by atoms with E-state index in [1.807, 2.05) is 25.3 Å². The van der Waals surface area contributed by atoms with Gasteiger partial charge in [-0.25, -0.2) is 4.98 Å². The van der Waals surface area contributed by atoms with Gasteiger partial charge in [0.2, 0.25) is 11.9 Å². The van der Waals surface area contributed by atoms with E-state index < -0.39 is 6.61 Å². The van der Waals surface area contributed by atoms with E-state index in [2.05, 4.69) is 15.0 Å². The van der Waals surface area contributed by atoms with Crippen molar-refractivity contribution in [2.75, 3.05) is 5.32 Å². The summed E-state index contributed by atoms with van der Waals surface area (Å²) in [6, 6.07) is 4.89. The predicted octanol–water partition coefficient (Wildman–Crippen LogP) is 4.74. The average molecular weight is 351 g/mol. The second-order valence-corrected chi connectivity index (χ2v) is 7.70. The summed E-state index contributed by atoms with van der Waals surface area (Å²) >= 11 is 0. The number of nitrogens with one attached hydrogen (secondary N) is 1. The van der Waals surface area contributed by atoms with E-state index in [4.69, 9.17) is 0 Å². The number of fused-ring (bicyclic) bond motifs is 1. The fourth-order valence-electron chi connectivity index (χ4n) is 3.00. The third-order valence-electron chi connectivity index (χ3n) is 4.27. The topological polar surface area (TPSA) is 56.1 Å². The summed E-state index contributed by atoms with van der Waals surface area (Å²) in [5.41, 5.74) is 1.23. The minimum atomic E-state index is -2.87. The van der Waals surface area contributed by atoms with Gasteiger partial charge in [-0.1, -0.05) is 20.8 Å². The molecule has 0 bridgehead atoms. The molecule has 0 aliphatic heterocycles. The Bertz CT molecular complexity index is 776. The molecule has 136 valence electrons. The first kappa shape index (κ1) is 17.6. The molecule has 5 nitrogen and oxygen atoms in total. The standard InChI is InChI=1S/C18H23F2N3O2/c1-18(2,3)10-15(24)22-17-21-13-8-7-12(25-16(19)20)9-14(13)23(17)11-5-4-6-11/h7-9,11,16H,4-6,10H2,1-3H3,(H,21,22,24). The number of nitrogens with zero attached hydrogens (tertiary/aromatic N) is 2. The fourth-order valence-corrected chi connectivity index (χ4v) is 3.00. The second-order valence-electron chi connectivity index (χ2n) is 7.70. The number of anilines is 1. The van der Waals surface area contributed by atoms with Crippen molar-refractivity contribution in [2.45, 2.75) is 59.1 Å². The normalized spacial score (nSPS) is 15.4. The van der Waals surface area contributed by atoms with Crippen molar-refractivity contribution in [1.82, 2.24) is 9.55 Å². The van der Waals surface area contributed by atoms with E-state index in [0.717, 1.165) is 19.3 Å². The van der Waals surface area contributed by atoms with E-state index in [9.17, 15) is 13.6 Å². The van der Waals surface area contributed by atoms with Crippen molar-refractivity contribution in [3.63, 3.8) is 0 Å². The summed E-state index contributed by atoms with van der Waals surface area (Å²) in [5.74, 6) is 0.464. The summed E-state index contributed by atoms with van der Waals surface area (Å²) in [5, 5.41) is 2.89.